The summed E-state index contributed by atoms with van der Waals surface area (Å²) < 4.78 is 34.6. The number of ether oxygens (including phenoxy) is 1. The van der Waals surface area contributed by atoms with E-state index in [-0.39, 0.29) is 43.2 Å². The van der Waals surface area contributed by atoms with Crippen molar-refractivity contribution in [2.24, 2.45) is 5.73 Å². The van der Waals surface area contributed by atoms with Gasteiger partial charge in [0.1, 0.15) is 15.4 Å². The van der Waals surface area contributed by atoms with Gasteiger partial charge < -0.3 is 10.5 Å². The number of carbonyl (C=O) groups is 1. The molecule has 1 aromatic heterocycles. The number of nitro benzene ring substituents is 2. The summed E-state index contributed by atoms with van der Waals surface area (Å²) in [6.07, 6.45) is 1.36. The number of hydrogen-bond donors (Lipinski definition) is 1. The zero-order valence-corrected chi connectivity index (χ0v) is 24.4. The lowest BCUT2D eigenvalue weighted by atomic mass is 9.89. The average Bonchev–Trinajstić information content (AvgIpc) is 3.32. The summed E-state index contributed by atoms with van der Waals surface area (Å²) in [6, 6.07) is 17.8. The maximum absolute atomic E-state index is 14.2. The first-order chi connectivity index (χ1) is 20.9. The Labute approximate surface area is 252 Å². The predicted molar refractivity (Wildman–Crippen MR) is 161 cm³/mol. The van der Waals surface area contributed by atoms with E-state index in [2.05, 4.69) is 0 Å². The van der Waals surface area contributed by atoms with Crippen LogP contribution >= 0.6 is 11.3 Å². The second kappa shape index (κ2) is 11.7. The number of thiazole rings is 1. The molecular formula is C29H22N4O9S2. The van der Waals surface area contributed by atoms with Crippen molar-refractivity contribution in [3.05, 3.63) is 135 Å². The van der Waals surface area contributed by atoms with Crippen molar-refractivity contribution in [2.75, 3.05) is 6.61 Å². The van der Waals surface area contributed by atoms with Gasteiger partial charge in [-0.2, -0.15) is 0 Å². The van der Waals surface area contributed by atoms with Crippen LogP contribution in [0.3, 0.4) is 0 Å². The van der Waals surface area contributed by atoms with Gasteiger partial charge in [-0.3, -0.25) is 29.6 Å². The molecule has 44 heavy (non-hydrogen) atoms. The molecule has 1 aliphatic rings. The van der Waals surface area contributed by atoms with E-state index >= 15 is 0 Å². The van der Waals surface area contributed by atoms with Gasteiger partial charge in [0.2, 0.25) is 9.84 Å². The van der Waals surface area contributed by atoms with E-state index in [1.807, 2.05) is 0 Å². The number of aromatic nitrogens is 1. The summed E-state index contributed by atoms with van der Waals surface area (Å²) in [7, 11) is -4.53. The molecule has 5 rings (SSSR count). The number of nitrogens with two attached hydrogens (primary N) is 1. The molecule has 0 aliphatic carbocycles. The second-order valence-corrected chi connectivity index (χ2v) is 12.3. The molecule has 224 valence electrons. The number of esters is 1. The Morgan fingerprint density at radius 3 is 2.27 bits per heavy atom. The fourth-order valence-electron chi connectivity index (χ4n) is 4.84. The van der Waals surface area contributed by atoms with E-state index < -0.39 is 47.9 Å². The maximum Gasteiger partial charge on any atom is 0.338 e. The first-order valence-corrected chi connectivity index (χ1v) is 15.2. The highest BCUT2D eigenvalue weighted by atomic mass is 32.2. The Morgan fingerprint density at radius 2 is 1.64 bits per heavy atom. The van der Waals surface area contributed by atoms with Crippen LogP contribution in [-0.2, 0) is 19.4 Å². The number of sulfone groups is 1. The molecule has 0 spiro atoms. The van der Waals surface area contributed by atoms with E-state index in [1.54, 1.807) is 13.0 Å². The minimum atomic E-state index is -4.53. The normalized spacial score (nSPS) is 15.2. The smallest absolute Gasteiger partial charge is 0.338 e. The van der Waals surface area contributed by atoms with Crippen molar-refractivity contribution in [2.45, 2.75) is 17.7 Å². The van der Waals surface area contributed by atoms with Crippen molar-refractivity contribution < 1.29 is 27.8 Å². The van der Waals surface area contributed by atoms with Gasteiger partial charge in [-0.15, -0.1) is 11.3 Å². The van der Waals surface area contributed by atoms with Gasteiger partial charge in [0, 0.05) is 24.3 Å². The van der Waals surface area contributed by atoms with Crippen LogP contribution in [0.15, 0.2) is 93.5 Å². The molecule has 2 heterocycles. The highest BCUT2D eigenvalue weighted by Crippen LogP contribution is 2.42. The summed E-state index contributed by atoms with van der Waals surface area (Å²) >= 11 is 0.799. The maximum atomic E-state index is 14.2. The monoisotopic (exact) mass is 634 g/mol. The quantitative estimate of drug-likeness (QED) is 0.171. The van der Waals surface area contributed by atoms with Gasteiger partial charge in [0.05, 0.1) is 37.4 Å². The molecule has 1 aliphatic heterocycles. The van der Waals surface area contributed by atoms with Crippen LogP contribution < -0.4 is 20.5 Å². The third-order valence-corrected chi connectivity index (χ3v) is 9.75. The van der Waals surface area contributed by atoms with Gasteiger partial charge in [0.15, 0.2) is 0 Å². The number of non-ortho nitro benzene ring substituents is 2. The van der Waals surface area contributed by atoms with Gasteiger partial charge in [0.25, 0.3) is 16.9 Å². The van der Waals surface area contributed by atoms with Gasteiger partial charge in [-0.05, 0) is 36.3 Å². The molecule has 0 bridgehead atoms. The topological polar surface area (TPSA) is 195 Å². The van der Waals surface area contributed by atoms with E-state index in [0.29, 0.717) is 5.56 Å². The lowest BCUT2D eigenvalue weighted by Gasteiger charge is -2.28. The van der Waals surface area contributed by atoms with Crippen molar-refractivity contribution in [1.29, 1.82) is 0 Å². The van der Waals surface area contributed by atoms with Crippen molar-refractivity contribution in [1.82, 2.24) is 4.57 Å². The Hall–Kier alpha value is -5.41. The molecule has 15 heteroatoms. The largest absolute Gasteiger partial charge is 0.463 e. The Morgan fingerprint density at radius 1 is 1.00 bits per heavy atom. The zero-order valence-electron chi connectivity index (χ0n) is 22.8. The van der Waals surface area contributed by atoms with Crippen LogP contribution in [0.4, 0.5) is 11.4 Å². The van der Waals surface area contributed by atoms with Gasteiger partial charge in [-0.1, -0.05) is 42.5 Å². The molecule has 0 radical (unpaired) electrons. The summed E-state index contributed by atoms with van der Waals surface area (Å²) in [5.41, 5.74) is 5.22. The van der Waals surface area contributed by atoms with Gasteiger partial charge >= 0.3 is 5.97 Å². The average molecular weight is 635 g/mol. The van der Waals surface area contributed by atoms with E-state index in [1.165, 1.54) is 72.8 Å². The number of allylic oxidation sites excluding steroid dienone is 1. The molecule has 0 amide bonds. The van der Waals surface area contributed by atoms with Crippen molar-refractivity contribution in [3.8, 4) is 0 Å². The van der Waals surface area contributed by atoms with Crippen molar-refractivity contribution >= 4 is 56.0 Å². The molecule has 3 aromatic carbocycles. The van der Waals surface area contributed by atoms with Crippen LogP contribution in [0.1, 0.15) is 24.0 Å². The minimum Gasteiger partial charge on any atom is -0.463 e. The summed E-state index contributed by atoms with van der Waals surface area (Å²) in [5.74, 6) is -2.97. The van der Waals surface area contributed by atoms with Crippen LogP contribution in [-0.4, -0.2) is 35.4 Å². The van der Waals surface area contributed by atoms with Crippen LogP contribution in [0.25, 0.3) is 17.5 Å². The predicted octanol–water partition coefficient (Wildman–Crippen LogP) is 2.62. The minimum absolute atomic E-state index is 0.0126. The molecule has 1 atom stereocenters. The molecule has 2 N–H and O–H groups in total. The Bertz CT molecular complexity index is 2170. The molecule has 0 unspecified atom stereocenters. The van der Waals surface area contributed by atoms with E-state index in [4.69, 9.17) is 10.5 Å². The molecule has 0 saturated carbocycles. The van der Waals surface area contributed by atoms with E-state index in [0.717, 1.165) is 22.0 Å². The molecule has 13 nitrogen and oxygen atoms in total. The molecule has 0 saturated heterocycles. The Balaban J connectivity index is 1.93. The van der Waals surface area contributed by atoms with E-state index in [9.17, 15) is 38.2 Å². The van der Waals surface area contributed by atoms with Crippen LogP contribution in [0, 0.1) is 20.2 Å². The van der Waals surface area contributed by atoms with Crippen LogP contribution in [0.2, 0.25) is 0 Å². The number of hydrogen-bond acceptors (Lipinski definition) is 11. The Kier molecular flexibility index (Phi) is 7.99. The molecule has 4 aromatic rings. The first kappa shape index (κ1) is 30.1. The summed E-state index contributed by atoms with van der Waals surface area (Å²) in [5, 5.41) is 23.0. The number of rotatable bonds is 8. The second-order valence-electron chi connectivity index (χ2n) is 9.39. The third kappa shape index (κ3) is 5.29. The molecule has 0 fully saturated rings. The third-order valence-electron chi connectivity index (χ3n) is 6.73. The van der Waals surface area contributed by atoms with Gasteiger partial charge in [-0.25, -0.2) is 13.2 Å². The number of benzene rings is 3. The lowest BCUT2D eigenvalue weighted by Crippen LogP contribution is -2.41. The fourth-order valence-corrected chi connectivity index (χ4v) is 7.71. The lowest BCUT2D eigenvalue weighted by molar-refractivity contribution is -0.385. The SMILES string of the molecule is CCOC(=O)C1=c2s/c(=C\c3cccc([N+](=O)[O-])c3)c(=O)n2C(N)=C(S(=O)(=O)c2ccccc2)[C@H]1c1cccc([N+](=O)[O-])c1. The number of fused-ring (bicyclic) bond motifs is 1. The van der Waals surface area contributed by atoms with Crippen LogP contribution in [0.5, 0.6) is 0 Å². The first-order valence-electron chi connectivity index (χ1n) is 12.9. The summed E-state index contributed by atoms with van der Waals surface area (Å²) in [6.45, 7) is 1.44. The zero-order chi connectivity index (χ0) is 31.8. The highest BCUT2D eigenvalue weighted by Gasteiger charge is 2.42. The standard InChI is InChI=1S/C29H22N4O9S2/c1-2-42-29(35)24-23(18-9-7-11-20(16-18)33(38)39)25(44(40,41)21-12-4-3-5-13-21)26(30)31-27(34)22(43-28(24)31)15-17-8-6-10-19(14-17)32(36)37/h3-16,23H,2,30H2,1H3/b22-15-/t23-/m0/s1. The molecular weight excluding hydrogens is 612 g/mol. The number of carbonyl (C=O) groups excluding carboxylic acids is 1. The number of nitrogens with zero attached hydrogens (tertiary/aromatic N) is 3. The van der Waals surface area contributed by atoms with Crippen molar-refractivity contribution in [3.63, 3.8) is 0 Å². The fraction of sp³-hybridized carbons (Fsp3) is 0.103. The highest BCUT2D eigenvalue weighted by molar-refractivity contribution is 7.95. The number of nitro groups is 2. The summed E-state index contributed by atoms with van der Waals surface area (Å²) in [4.78, 5) is 48.4.